The van der Waals surface area contributed by atoms with Crippen LogP contribution in [0, 0.1) is 0 Å². The van der Waals surface area contributed by atoms with Gasteiger partial charge >= 0.3 is 0 Å². The molecule has 0 aliphatic carbocycles. The van der Waals surface area contributed by atoms with Crippen LogP contribution in [0.2, 0.25) is 0 Å². The molecule has 12 nitrogen and oxygen atoms in total. The summed E-state index contributed by atoms with van der Waals surface area (Å²) < 4.78 is 1.77. The standard InChI is InChI=1S/C30H22N12/c1-2-15-42-30(24-11-5-8-14-33-24)36-27(41-42)21-17-19(25-34-28(39-37-25)22-9-3-6-12-31-22)16-20(18-21)26-35-29(40-38-26)23-10-4-7-13-32-23/h2-14,16-18H,1,15H2,(H,34,37,39)(H,35,38,40). The molecule has 2 N–H and O–H groups in total. The van der Waals surface area contributed by atoms with Crippen molar-refractivity contribution in [3.8, 4) is 68.7 Å². The monoisotopic (exact) mass is 550 g/mol. The summed E-state index contributed by atoms with van der Waals surface area (Å²) in [7, 11) is 0. The van der Waals surface area contributed by atoms with Crippen molar-refractivity contribution >= 4 is 0 Å². The zero-order valence-electron chi connectivity index (χ0n) is 22.1. The highest BCUT2D eigenvalue weighted by molar-refractivity contribution is 5.76. The number of benzene rings is 1. The Balaban J connectivity index is 1.36. The first-order valence-electron chi connectivity index (χ1n) is 13.1. The van der Waals surface area contributed by atoms with Gasteiger partial charge in [0.2, 0.25) is 0 Å². The van der Waals surface area contributed by atoms with Crippen LogP contribution in [0.15, 0.2) is 104 Å². The van der Waals surface area contributed by atoms with E-state index in [0.717, 1.165) is 16.7 Å². The van der Waals surface area contributed by atoms with Crippen LogP contribution in [-0.4, -0.2) is 60.1 Å². The van der Waals surface area contributed by atoms with Gasteiger partial charge in [-0.15, -0.1) is 6.58 Å². The third-order valence-corrected chi connectivity index (χ3v) is 6.36. The van der Waals surface area contributed by atoms with Gasteiger partial charge in [0, 0.05) is 35.3 Å². The topological polar surface area (TPSA) is 153 Å². The lowest BCUT2D eigenvalue weighted by molar-refractivity contribution is 0.709. The molecule has 0 atom stereocenters. The van der Waals surface area contributed by atoms with Gasteiger partial charge in [-0.2, -0.15) is 15.3 Å². The maximum Gasteiger partial charge on any atom is 0.181 e. The normalized spacial score (nSPS) is 11.0. The second-order valence-corrected chi connectivity index (χ2v) is 9.19. The second kappa shape index (κ2) is 10.8. The lowest BCUT2D eigenvalue weighted by atomic mass is 10.0. The molecule has 0 saturated heterocycles. The summed E-state index contributed by atoms with van der Waals surface area (Å²) in [4.78, 5) is 27.5. The summed E-state index contributed by atoms with van der Waals surface area (Å²) in [5, 5.41) is 19.7. The molecule has 6 aromatic heterocycles. The van der Waals surface area contributed by atoms with E-state index in [1.165, 1.54) is 0 Å². The molecular formula is C30H22N12. The van der Waals surface area contributed by atoms with Gasteiger partial charge in [-0.05, 0) is 54.6 Å². The Morgan fingerprint density at radius 2 is 1.12 bits per heavy atom. The Morgan fingerprint density at radius 3 is 1.60 bits per heavy atom. The van der Waals surface area contributed by atoms with Crippen molar-refractivity contribution in [1.82, 2.24) is 60.1 Å². The Bertz CT molecular complexity index is 1880. The van der Waals surface area contributed by atoms with E-state index in [0.29, 0.717) is 58.6 Å². The predicted molar refractivity (Wildman–Crippen MR) is 156 cm³/mol. The van der Waals surface area contributed by atoms with E-state index in [1.807, 2.05) is 72.8 Å². The molecular weight excluding hydrogens is 528 g/mol. The SMILES string of the molecule is C=CCn1nc(-c2cc(-c3n[nH]c(-c4ccccn4)n3)cc(-c3n[nH]c(-c4ccccn4)n3)c2)nc1-c1ccccn1. The van der Waals surface area contributed by atoms with Crippen molar-refractivity contribution in [2.75, 3.05) is 0 Å². The summed E-state index contributed by atoms with van der Waals surface area (Å²) in [6.07, 6.45) is 6.92. The molecule has 0 radical (unpaired) electrons. The van der Waals surface area contributed by atoms with Gasteiger partial charge in [0.1, 0.15) is 17.1 Å². The summed E-state index contributed by atoms with van der Waals surface area (Å²) in [5.41, 5.74) is 4.26. The van der Waals surface area contributed by atoms with Gasteiger partial charge < -0.3 is 0 Å². The lowest BCUT2D eigenvalue weighted by Gasteiger charge is -2.04. The Morgan fingerprint density at radius 1 is 0.619 bits per heavy atom. The minimum Gasteiger partial charge on any atom is -0.257 e. The molecule has 0 amide bonds. The molecule has 0 saturated carbocycles. The number of H-pyrrole nitrogens is 2. The van der Waals surface area contributed by atoms with Gasteiger partial charge in [-0.3, -0.25) is 25.1 Å². The summed E-state index contributed by atoms with van der Waals surface area (Å²) >= 11 is 0. The van der Waals surface area contributed by atoms with Gasteiger partial charge in [-0.1, -0.05) is 24.3 Å². The highest BCUT2D eigenvalue weighted by atomic mass is 15.3. The maximum absolute atomic E-state index is 4.87. The van der Waals surface area contributed by atoms with Crippen LogP contribution in [0.5, 0.6) is 0 Å². The van der Waals surface area contributed by atoms with Crippen LogP contribution in [0.4, 0.5) is 0 Å². The van der Waals surface area contributed by atoms with Crippen LogP contribution in [0.25, 0.3) is 68.7 Å². The number of allylic oxidation sites excluding steroid dienone is 1. The molecule has 202 valence electrons. The number of aromatic amines is 2. The summed E-state index contributed by atoms with van der Waals surface area (Å²) in [5.74, 6) is 3.20. The summed E-state index contributed by atoms with van der Waals surface area (Å²) in [6.45, 7) is 4.34. The highest BCUT2D eigenvalue weighted by Gasteiger charge is 2.19. The Labute approximate surface area is 239 Å². The Kier molecular flexibility index (Phi) is 6.37. The van der Waals surface area contributed by atoms with Crippen LogP contribution in [0.3, 0.4) is 0 Å². The second-order valence-electron chi connectivity index (χ2n) is 9.19. The third-order valence-electron chi connectivity index (χ3n) is 6.36. The predicted octanol–water partition coefficient (Wildman–Crippen LogP) is 4.89. The molecule has 0 unspecified atom stereocenters. The average Bonchev–Trinajstić information content (AvgIpc) is 3.83. The molecule has 6 heterocycles. The number of nitrogens with zero attached hydrogens (tertiary/aromatic N) is 10. The number of aromatic nitrogens is 12. The van der Waals surface area contributed by atoms with Gasteiger partial charge in [0.15, 0.2) is 34.9 Å². The van der Waals surface area contributed by atoms with E-state index in [9.17, 15) is 0 Å². The van der Waals surface area contributed by atoms with Crippen LogP contribution < -0.4 is 0 Å². The van der Waals surface area contributed by atoms with Gasteiger partial charge in [0.05, 0.1) is 6.54 Å². The molecule has 12 heteroatoms. The maximum atomic E-state index is 4.87. The molecule has 0 bridgehead atoms. The first-order valence-corrected chi connectivity index (χ1v) is 13.1. The molecule has 7 aromatic rings. The molecule has 0 aliphatic heterocycles. The number of hydrogen-bond acceptors (Lipinski definition) is 9. The minimum absolute atomic E-state index is 0.466. The fraction of sp³-hybridized carbons (Fsp3) is 0.0333. The first kappa shape index (κ1) is 24.8. The number of nitrogens with one attached hydrogen (secondary N) is 2. The van der Waals surface area contributed by atoms with Crippen molar-refractivity contribution in [1.29, 1.82) is 0 Å². The zero-order chi connectivity index (χ0) is 28.3. The van der Waals surface area contributed by atoms with Crippen LogP contribution >= 0.6 is 0 Å². The van der Waals surface area contributed by atoms with Crippen molar-refractivity contribution in [3.05, 3.63) is 104 Å². The zero-order valence-corrected chi connectivity index (χ0v) is 22.1. The van der Waals surface area contributed by atoms with Crippen molar-refractivity contribution in [2.24, 2.45) is 0 Å². The lowest BCUT2D eigenvalue weighted by Crippen LogP contribution is -2.01. The fourth-order valence-electron chi connectivity index (χ4n) is 4.43. The molecule has 42 heavy (non-hydrogen) atoms. The van der Waals surface area contributed by atoms with E-state index in [4.69, 9.17) is 20.1 Å². The molecule has 0 aliphatic rings. The number of rotatable bonds is 8. The van der Waals surface area contributed by atoms with E-state index in [-0.39, 0.29) is 0 Å². The van der Waals surface area contributed by atoms with E-state index in [1.54, 1.807) is 29.3 Å². The fourth-order valence-corrected chi connectivity index (χ4v) is 4.43. The molecule has 0 spiro atoms. The number of pyridine rings is 3. The van der Waals surface area contributed by atoms with Gasteiger partial charge in [0.25, 0.3) is 0 Å². The average molecular weight is 551 g/mol. The molecule has 1 aromatic carbocycles. The van der Waals surface area contributed by atoms with Crippen molar-refractivity contribution < 1.29 is 0 Å². The van der Waals surface area contributed by atoms with Crippen LogP contribution in [-0.2, 0) is 6.54 Å². The van der Waals surface area contributed by atoms with Gasteiger partial charge in [-0.25, -0.2) is 19.6 Å². The Hall–Kier alpha value is -6.17. The van der Waals surface area contributed by atoms with E-state index >= 15 is 0 Å². The van der Waals surface area contributed by atoms with Crippen molar-refractivity contribution in [3.63, 3.8) is 0 Å². The molecule has 0 fully saturated rings. The van der Waals surface area contributed by atoms with E-state index in [2.05, 4.69) is 41.9 Å². The quantitative estimate of drug-likeness (QED) is 0.252. The smallest absolute Gasteiger partial charge is 0.181 e. The number of hydrogen-bond donors (Lipinski definition) is 2. The van der Waals surface area contributed by atoms with Crippen LogP contribution in [0.1, 0.15) is 0 Å². The highest BCUT2D eigenvalue weighted by Crippen LogP contribution is 2.31. The minimum atomic E-state index is 0.466. The largest absolute Gasteiger partial charge is 0.257 e. The first-order chi connectivity index (χ1) is 20.7. The summed E-state index contributed by atoms with van der Waals surface area (Å²) in [6, 6.07) is 22.7. The molecule has 7 rings (SSSR count). The third kappa shape index (κ3) is 4.84. The van der Waals surface area contributed by atoms with E-state index < -0.39 is 0 Å². The van der Waals surface area contributed by atoms with Crippen molar-refractivity contribution in [2.45, 2.75) is 6.54 Å².